The number of rotatable bonds is 0. The lowest BCUT2D eigenvalue weighted by Crippen LogP contribution is -2.36. The molecule has 0 spiro atoms. The quantitative estimate of drug-likeness (QED) is 0.563. The van der Waals surface area contributed by atoms with Gasteiger partial charge in [-0.3, -0.25) is 0 Å². The van der Waals surface area contributed by atoms with E-state index in [4.69, 9.17) is 5.73 Å². The van der Waals surface area contributed by atoms with Crippen molar-refractivity contribution in [1.82, 2.24) is 0 Å². The maximum absolute atomic E-state index is 12.9. The summed E-state index contributed by atoms with van der Waals surface area (Å²) in [6.45, 7) is 1.59. The van der Waals surface area contributed by atoms with Crippen LogP contribution in [0.25, 0.3) is 0 Å². The Hall–Kier alpha value is 0.180. The average molecular weight is 154 g/mol. The average Bonchev–Trinajstić information content (AvgIpc) is 1.86. The Morgan fingerprint density at radius 2 is 2.22 bits per heavy atom. The summed E-state index contributed by atoms with van der Waals surface area (Å²) >= 11 is 0. The normalized spacial score (nSPS) is 42.3. The molecular formula is C6H13ClFN. The van der Waals surface area contributed by atoms with Crippen LogP contribution in [-0.4, -0.2) is 11.7 Å². The zero-order chi connectivity index (χ0) is 6.20. The van der Waals surface area contributed by atoms with Gasteiger partial charge in [0.15, 0.2) is 0 Å². The summed E-state index contributed by atoms with van der Waals surface area (Å²) in [7, 11) is 0. The SMILES string of the molecule is CC1(F)CCCC1N.Cl. The molecule has 0 amide bonds. The molecule has 56 valence electrons. The molecule has 9 heavy (non-hydrogen) atoms. The fourth-order valence-corrected chi connectivity index (χ4v) is 1.15. The molecule has 1 aliphatic rings. The molecule has 2 atom stereocenters. The number of alkyl halides is 1. The Morgan fingerprint density at radius 3 is 2.33 bits per heavy atom. The minimum atomic E-state index is -1.07. The molecule has 0 aromatic carbocycles. The molecule has 1 fully saturated rings. The third-order valence-corrected chi connectivity index (χ3v) is 1.95. The summed E-state index contributed by atoms with van der Waals surface area (Å²) in [6.07, 6.45) is 2.45. The molecule has 1 nitrogen and oxygen atoms in total. The van der Waals surface area contributed by atoms with Crippen LogP contribution in [0.5, 0.6) is 0 Å². The van der Waals surface area contributed by atoms with E-state index in [0.717, 1.165) is 12.8 Å². The van der Waals surface area contributed by atoms with Gasteiger partial charge in [0.1, 0.15) is 5.67 Å². The van der Waals surface area contributed by atoms with E-state index >= 15 is 0 Å². The molecule has 0 radical (unpaired) electrons. The van der Waals surface area contributed by atoms with E-state index in [-0.39, 0.29) is 18.4 Å². The van der Waals surface area contributed by atoms with E-state index in [1.165, 1.54) is 0 Å². The Morgan fingerprint density at radius 1 is 1.67 bits per heavy atom. The van der Waals surface area contributed by atoms with Crippen molar-refractivity contribution in [2.24, 2.45) is 5.73 Å². The fourth-order valence-electron chi connectivity index (χ4n) is 1.15. The molecule has 2 N–H and O–H groups in total. The summed E-state index contributed by atoms with van der Waals surface area (Å²) in [6, 6.07) is -0.206. The maximum Gasteiger partial charge on any atom is 0.123 e. The molecule has 0 aliphatic heterocycles. The Kier molecular flexibility index (Phi) is 2.90. The minimum absolute atomic E-state index is 0. The van der Waals surface area contributed by atoms with Crippen molar-refractivity contribution < 1.29 is 4.39 Å². The van der Waals surface area contributed by atoms with E-state index < -0.39 is 5.67 Å². The number of halogens is 2. The lowest BCUT2D eigenvalue weighted by molar-refractivity contribution is 0.175. The molecule has 0 bridgehead atoms. The zero-order valence-electron chi connectivity index (χ0n) is 5.56. The van der Waals surface area contributed by atoms with Crippen LogP contribution in [0, 0.1) is 0 Å². The molecule has 0 aromatic rings. The minimum Gasteiger partial charge on any atom is -0.325 e. The van der Waals surface area contributed by atoms with Crippen molar-refractivity contribution in [1.29, 1.82) is 0 Å². The number of hydrogen-bond acceptors (Lipinski definition) is 1. The van der Waals surface area contributed by atoms with E-state index in [1.54, 1.807) is 6.92 Å². The van der Waals surface area contributed by atoms with Gasteiger partial charge < -0.3 is 5.73 Å². The standard InChI is InChI=1S/C6H12FN.ClH/c1-6(7)4-2-3-5(6)8;/h5H,2-4,8H2,1H3;1H. The predicted octanol–water partition coefficient (Wildman–Crippen LogP) is 1.65. The van der Waals surface area contributed by atoms with Gasteiger partial charge in [0, 0.05) is 6.04 Å². The largest absolute Gasteiger partial charge is 0.325 e. The molecule has 1 saturated carbocycles. The number of nitrogens with two attached hydrogens (primary N) is 1. The van der Waals surface area contributed by atoms with Crippen molar-refractivity contribution in [3.05, 3.63) is 0 Å². The highest BCUT2D eigenvalue weighted by atomic mass is 35.5. The first kappa shape index (κ1) is 9.18. The van der Waals surface area contributed by atoms with Gasteiger partial charge in [0.25, 0.3) is 0 Å². The van der Waals surface area contributed by atoms with E-state index in [0.29, 0.717) is 6.42 Å². The third kappa shape index (κ3) is 1.80. The van der Waals surface area contributed by atoms with Crippen molar-refractivity contribution in [2.45, 2.75) is 37.9 Å². The second kappa shape index (κ2) is 2.84. The Labute approximate surface area is 61.2 Å². The molecule has 2 unspecified atom stereocenters. The zero-order valence-corrected chi connectivity index (χ0v) is 6.38. The van der Waals surface area contributed by atoms with E-state index in [2.05, 4.69) is 0 Å². The van der Waals surface area contributed by atoms with Crippen LogP contribution in [0.2, 0.25) is 0 Å². The predicted molar refractivity (Wildman–Crippen MR) is 38.6 cm³/mol. The van der Waals surface area contributed by atoms with Crippen molar-refractivity contribution >= 4 is 12.4 Å². The van der Waals surface area contributed by atoms with Crippen LogP contribution in [0.15, 0.2) is 0 Å². The van der Waals surface area contributed by atoms with Gasteiger partial charge in [-0.2, -0.15) is 0 Å². The van der Waals surface area contributed by atoms with Crippen LogP contribution < -0.4 is 5.73 Å². The maximum atomic E-state index is 12.9. The fraction of sp³-hybridized carbons (Fsp3) is 1.00. The van der Waals surface area contributed by atoms with Crippen molar-refractivity contribution in [3.8, 4) is 0 Å². The molecule has 1 aliphatic carbocycles. The first-order valence-corrected chi connectivity index (χ1v) is 3.07. The van der Waals surface area contributed by atoms with Gasteiger partial charge in [0.2, 0.25) is 0 Å². The first-order valence-electron chi connectivity index (χ1n) is 3.07. The highest BCUT2D eigenvalue weighted by Crippen LogP contribution is 2.31. The third-order valence-electron chi connectivity index (χ3n) is 1.95. The lowest BCUT2D eigenvalue weighted by atomic mass is 10.0. The van der Waals surface area contributed by atoms with Gasteiger partial charge in [-0.15, -0.1) is 12.4 Å². The second-order valence-corrected chi connectivity index (χ2v) is 2.78. The van der Waals surface area contributed by atoms with Crippen molar-refractivity contribution in [2.75, 3.05) is 0 Å². The van der Waals surface area contributed by atoms with Gasteiger partial charge >= 0.3 is 0 Å². The monoisotopic (exact) mass is 153 g/mol. The molecule has 0 heterocycles. The molecule has 0 saturated heterocycles. The van der Waals surface area contributed by atoms with Crippen LogP contribution >= 0.6 is 12.4 Å². The summed E-state index contributed by atoms with van der Waals surface area (Å²) in [4.78, 5) is 0. The van der Waals surface area contributed by atoms with Crippen LogP contribution in [0.1, 0.15) is 26.2 Å². The van der Waals surface area contributed by atoms with Gasteiger partial charge in [-0.25, -0.2) is 4.39 Å². The Balaban J connectivity index is 0.000000640. The summed E-state index contributed by atoms with van der Waals surface area (Å²) in [5.41, 5.74) is 4.37. The molecular weight excluding hydrogens is 141 g/mol. The summed E-state index contributed by atoms with van der Waals surface area (Å²) < 4.78 is 12.9. The smallest absolute Gasteiger partial charge is 0.123 e. The van der Waals surface area contributed by atoms with Gasteiger partial charge in [0.05, 0.1) is 0 Å². The van der Waals surface area contributed by atoms with E-state index in [1.807, 2.05) is 0 Å². The van der Waals surface area contributed by atoms with Crippen molar-refractivity contribution in [3.63, 3.8) is 0 Å². The highest BCUT2D eigenvalue weighted by Gasteiger charge is 2.35. The van der Waals surface area contributed by atoms with Crippen LogP contribution in [0.3, 0.4) is 0 Å². The first-order chi connectivity index (χ1) is 3.63. The molecule has 0 aromatic heterocycles. The summed E-state index contributed by atoms with van der Waals surface area (Å²) in [5.74, 6) is 0. The van der Waals surface area contributed by atoms with Crippen LogP contribution in [0.4, 0.5) is 4.39 Å². The van der Waals surface area contributed by atoms with E-state index in [9.17, 15) is 4.39 Å². The van der Waals surface area contributed by atoms with Crippen LogP contribution in [-0.2, 0) is 0 Å². The lowest BCUT2D eigenvalue weighted by Gasteiger charge is -2.17. The molecule has 3 heteroatoms. The Bertz CT molecular complexity index is 95.1. The molecule has 1 rings (SSSR count). The van der Waals surface area contributed by atoms with Gasteiger partial charge in [-0.1, -0.05) is 0 Å². The topological polar surface area (TPSA) is 26.0 Å². The van der Waals surface area contributed by atoms with Gasteiger partial charge in [-0.05, 0) is 26.2 Å². The second-order valence-electron chi connectivity index (χ2n) is 2.78. The number of hydrogen-bond donors (Lipinski definition) is 1. The highest BCUT2D eigenvalue weighted by molar-refractivity contribution is 5.85. The summed E-state index contributed by atoms with van der Waals surface area (Å²) in [5, 5.41) is 0.